The van der Waals surface area contributed by atoms with Crippen molar-refractivity contribution in [2.75, 3.05) is 19.7 Å². The second-order valence-electron chi connectivity index (χ2n) is 5.30. The summed E-state index contributed by atoms with van der Waals surface area (Å²) in [5.74, 6) is 2.46. The first kappa shape index (κ1) is 15.8. The van der Waals surface area contributed by atoms with E-state index in [0.29, 0.717) is 5.92 Å². The SMILES string of the molecule is CCCOc1ccc(OC(C)CNCC(C)C)cc1. The Morgan fingerprint density at radius 2 is 1.63 bits per heavy atom. The molecular weight excluding hydrogens is 238 g/mol. The molecule has 0 radical (unpaired) electrons. The molecule has 0 heterocycles. The summed E-state index contributed by atoms with van der Waals surface area (Å²) in [5.41, 5.74) is 0. The van der Waals surface area contributed by atoms with E-state index in [0.717, 1.165) is 37.6 Å². The Balaban J connectivity index is 2.31. The van der Waals surface area contributed by atoms with Gasteiger partial charge in [-0.1, -0.05) is 20.8 Å². The van der Waals surface area contributed by atoms with Crippen LogP contribution in [0, 0.1) is 5.92 Å². The molecule has 0 fully saturated rings. The first-order valence-corrected chi connectivity index (χ1v) is 7.22. The molecule has 0 aromatic heterocycles. The van der Waals surface area contributed by atoms with Crippen molar-refractivity contribution in [2.45, 2.75) is 40.2 Å². The molecule has 1 aromatic rings. The van der Waals surface area contributed by atoms with E-state index in [4.69, 9.17) is 9.47 Å². The molecule has 0 saturated carbocycles. The van der Waals surface area contributed by atoms with Crippen molar-refractivity contribution in [3.63, 3.8) is 0 Å². The number of hydrogen-bond acceptors (Lipinski definition) is 3. The van der Waals surface area contributed by atoms with Crippen molar-refractivity contribution in [1.82, 2.24) is 5.32 Å². The largest absolute Gasteiger partial charge is 0.494 e. The molecule has 0 saturated heterocycles. The van der Waals surface area contributed by atoms with Gasteiger partial charge in [0.2, 0.25) is 0 Å². The molecule has 1 atom stereocenters. The summed E-state index contributed by atoms with van der Waals surface area (Å²) in [5, 5.41) is 3.39. The van der Waals surface area contributed by atoms with Crippen LogP contribution >= 0.6 is 0 Å². The molecule has 0 aliphatic carbocycles. The molecular formula is C16H27NO2. The maximum absolute atomic E-state index is 5.84. The maximum Gasteiger partial charge on any atom is 0.120 e. The third-order valence-corrected chi connectivity index (χ3v) is 2.62. The van der Waals surface area contributed by atoms with Crippen LogP contribution in [0.1, 0.15) is 34.1 Å². The summed E-state index contributed by atoms with van der Waals surface area (Å²) in [7, 11) is 0. The lowest BCUT2D eigenvalue weighted by atomic mass is 10.2. The van der Waals surface area contributed by atoms with E-state index < -0.39 is 0 Å². The van der Waals surface area contributed by atoms with E-state index >= 15 is 0 Å². The predicted molar refractivity (Wildman–Crippen MR) is 80.0 cm³/mol. The Labute approximate surface area is 117 Å². The van der Waals surface area contributed by atoms with Gasteiger partial charge in [0.05, 0.1) is 6.61 Å². The lowest BCUT2D eigenvalue weighted by molar-refractivity contribution is 0.215. The molecule has 1 unspecified atom stereocenters. The monoisotopic (exact) mass is 265 g/mol. The molecule has 1 aromatic carbocycles. The molecule has 3 nitrogen and oxygen atoms in total. The van der Waals surface area contributed by atoms with Crippen molar-refractivity contribution < 1.29 is 9.47 Å². The molecule has 0 aliphatic rings. The summed E-state index contributed by atoms with van der Waals surface area (Å²) in [6, 6.07) is 7.84. The minimum absolute atomic E-state index is 0.168. The van der Waals surface area contributed by atoms with Crippen LogP contribution in [0.4, 0.5) is 0 Å². The molecule has 0 bridgehead atoms. The minimum Gasteiger partial charge on any atom is -0.494 e. The molecule has 0 amide bonds. The van der Waals surface area contributed by atoms with Crippen molar-refractivity contribution in [1.29, 1.82) is 0 Å². The van der Waals surface area contributed by atoms with E-state index in [2.05, 4.69) is 33.0 Å². The number of nitrogens with one attached hydrogen (secondary N) is 1. The van der Waals surface area contributed by atoms with Gasteiger partial charge in [0, 0.05) is 6.54 Å². The maximum atomic E-state index is 5.84. The number of hydrogen-bond donors (Lipinski definition) is 1. The average Bonchev–Trinajstić information content (AvgIpc) is 2.37. The Morgan fingerprint density at radius 1 is 1.00 bits per heavy atom. The van der Waals surface area contributed by atoms with Crippen LogP contribution in [0.3, 0.4) is 0 Å². The van der Waals surface area contributed by atoms with Crippen molar-refractivity contribution in [3.05, 3.63) is 24.3 Å². The summed E-state index contributed by atoms with van der Waals surface area (Å²) in [4.78, 5) is 0. The molecule has 0 spiro atoms. The predicted octanol–water partition coefficient (Wildman–Crippen LogP) is 3.49. The molecule has 1 N–H and O–H groups in total. The summed E-state index contributed by atoms with van der Waals surface area (Å²) in [6.07, 6.45) is 1.19. The molecule has 0 aliphatic heterocycles. The zero-order valence-corrected chi connectivity index (χ0v) is 12.6. The Morgan fingerprint density at radius 3 is 2.21 bits per heavy atom. The first-order valence-electron chi connectivity index (χ1n) is 7.22. The summed E-state index contributed by atoms with van der Waals surface area (Å²) < 4.78 is 11.4. The molecule has 3 heteroatoms. The number of rotatable bonds is 9. The van der Waals surface area contributed by atoms with Gasteiger partial charge in [-0.05, 0) is 50.1 Å². The van der Waals surface area contributed by atoms with Crippen LogP contribution in [0.5, 0.6) is 11.5 Å². The summed E-state index contributed by atoms with van der Waals surface area (Å²) in [6.45, 7) is 11.2. The van der Waals surface area contributed by atoms with Gasteiger partial charge in [-0.2, -0.15) is 0 Å². The van der Waals surface area contributed by atoms with E-state index in [1.54, 1.807) is 0 Å². The van der Waals surface area contributed by atoms with Crippen LogP contribution in [-0.4, -0.2) is 25.8 Å². The van der Waals surface area contributed by atoms with E-state index in [1.807, 2.05) is 24.3 Å². The van der Waals surface area contributed by atoms with Gasteiger partial charge in [-0.25, -0.2) is 0 Å². The van der Waals surface area contributed by atoms with Gasteiger partial charge >= 0.3 is 0 Å². The van der Waals surface area contributed by atoms with Crippen molar-refractivity contribution in [2.24, 2.45) is 5.92 Å². The Hall–Kier alpha value is -1.22. The second-order valence-corrected chi connectivity index (χ2v) is 5.30. The van der Waals surface area contributed by atoms with E-state index in [9.17, 15) is 0 Å². The van der Waals surface area contributed by atoms with Gasteiger partial charge in [0.25, 0.3) is 0 Å². The highest BCUT2D eigenvalue weighted by molar-refractivity contribution is 5.31. The standard InChI is InChI=1S/C16H27NO2/c1-5-10-18-15-6-8-16(9-7-15)19-14(4)12-17-11-13(2)3/h6-9,13-14,17H,5,10-12H2,1-4H3. The smallest absolute Gasteiger partial charge is 0.120 e. The number of ether oxygens (including phenoxy) is 2. The topological polar surface area (TPSA) is 30.5 Å². The van der Waals surface area contributed by atoms with Gasteiger partial charge < -0.3 is 14.8 Å². The zero-order chi connectivity index (χ0) is 14.1. The Bertz CT molecular complexity index is 335. The highest BCUT2D eigenvalue weighted by Gasteiger charge is 2.04. The first-order chi connectivity index (χ1) is 9.11. The van der Waals surface area contributed by atoms with Crippen LogP contribution in [-0.2, 0) is 0 Å². The molecule has 1 rings (SSSR count). The Kier molecular flexibility index (Phi) is 7.34. The quantitative estimate of drug-likeness (QED) is 0.741. The highest BCUT2D eigenvalue weighted by atomic mass is 16.5. The van der Waals surface area contributed by atoms with Crippen LogP contribution in [0.25, 0.3) is 0 Å². The van der Waals surface area contributed by atoms with Gasteiger partial charge in [0.1, 0.15) is 17.6 Å². The van der Waals surface area contributed by atoms with Crippen LogP contribution in [0.2, 0.25) is 0 Å². The fourth-order valence-electron chi connectivity index (χ4n) is 1.68. The second kappa shape index (κ2) is 8.81. The fraction of sp³-hybridized carbons (Fsp3) is 0.625. The van der Waals surface area contributed by atoms with Crippen LogP contribution < -0.4 is 14.8 Å². The lowest BCUT2D eigenvalue weighted by Crippen LogP contribution is -2.31. The molecule has 108 valence electrons. The van der Waals surface area contributed by atoms with Crippen molar-refractivity contribution >= 4 is 0 Å². The third-order valence-electron chi connectivity index (χ3n) is 2.62. The van der Waals surface area contributed by atoms with E-state index in [-0.39, 0.29) is 6.10 Å². The van der Waals surface area contributed by atoms with Gasteiger partial charge in [-0.3, -0.25) is 0 Å². The van der Waals surface area contributed by atoms with Gasteiger partial charge in [-0.15, -0.1) is 0 Å². The molecule has 19 heavy (non-hydrogen) atoms. The van der Waals surface area contributed by atoms with Crippen molar-refractivity contribution in [3.8, 4) is 11.5 Å². The number of benzene rings is 1. The zero-order valence-electron chi connectivity index (χ0n) is 12.6. The lowest BCUT2D eigenvalue weighted by Gasteiger charge is -2.16. The van der Waals surface area contributed by atoms with E-state index in [1.165, 1.54) is 0 Å². The third kappa shape index (κ3) is 7.06. The van der Waals surface area contributed by atoms with Gasteiger partial charge in [0.15, 0.2) is 0 Å². The summed E-state index contributed by atoms with van der Waals surface area (Å²) >= 11 is 0. The highest BCUT2D eigenvalue weighted by Crippen LogP contribution is 2.18. The normalized spacial score (nSPS) is 12.5. The average molecular weight is 265 g/mol. The minimum atomic E-state index is 0.168. The fourth-order valence-corrected chi connectivity index (χ4v) is 1.68. The van der Waals surface area contributed by atoms with Crippen LogP contribution in [0.15, 0.2) is 24.3 Å².